The van der Waals surface area contributed by atoms with E-state index in [1.165, 1.54) is 36.0 Å². The molecule has 4 rings (SSSR count). The lowest BCUT2D eigenvalue weighted by Gasteiger charge is -2.18. The minimum absolute atomic E-state index is 0.122. The van der Waals surface area contributed by atoms with Crippen LogP contribution < -0.4 is 5.43 Å². The number of amides is 1. The van der Waals surface area contributed by atoms with Crippen molar-refractivity contribution >= 4 is 46.2 Å². The van der Waals surface area contributed by atoms with Gasteiger partial charge in [0.15, 0.2) is 5.75 Å². The number of carbonyl (C=O) groups is 1. The van der Waals surface area contributed by atoms with Gasteiger partial charge in [-0.3, -0.25) is 4.79 Å². The maximum absolute atomic E-state index is 12.5. The highest BCUT2D eigenvalue weighted by atomic mass is 35.5. The Balaban J connectivity index is 1.53. The van der Waals surface area contributed by atoms with Crippen LogP contribution in [-0.2, 0) is 12.8 Å². The summed E-state index contributed by atoms with van der Waals surface area (Å²) in [5, 5.41) is 14.9. The summed E-state index contributed by atoms with van der Waals surface area (Å²) >= 11 is 11.8. The van der Waals surface area contributed by atoms with Gasteiger partial charge >= 0.3 is 0 Å². The lowest BCUT2D eigenvalue weighted by Crippen LogP contribution is -2.17. The van der Waals surface area contributed by atoms with E-state index in [0.717, 1.165) is 23.7 Å². The maximum Gasteiger partial charge on any atom is 0.271 e. The Kier molecular flexibility index (Phi) is 5.04. The van der Waals surface area contributed by atoms with E-state index < -0.39 is 0 Å². The van der Waals surface area contributed by atoms with Crippen LogP contribution in [0.25, 0.3) is 10.9 Å². The largest absolute Gasteiger partial charge is 0.505 e. The number of phenolic OH excluding ortho intramolecular Hbond substituents is 1. The van der Waals surface area contributed by atoms with E-state index in [1.807, 2.05) is 12.1 Å². The number of aromatic hydroxyl groups is 1. The number of fused-ring (bicyclic) bond motifs is 3. The molecule has 7 heteroatoms. The minimum Gasteiger partial charge on any atom is -0.505 e. The van der Waals surface area contributed by atoms with Crippen LogP contribution in [-0.4, -0.2) is 22.2 Å². The van der Waals surface area contributed by atoms with Crippen LogP contribution in [0.3, 0.4) is 0 Å². The first kappa shape index (κ1) is 18.8. The molecule has 1 amide bonds. The molecule has 0 spiro atoms. The van der Waals surface area contributed by atoms with Crippen molar-refractivity contribution in [1.29, 1.82) is 0 Å². The smallest absolute Gasteiger partial charge is 0.271 e. The fourth-order valence-electron chi connectivity index (χ4n) is 3.62. The summed E-state index contributed by atoms with van der Waals surface area (Å²) in [6.07, 6.45) is 4.69. The van der Waals surface area contributed by atoms with Crippen molar-refractivity contribution in [3.63, 3.8) is 0 Å². The van der Waals surface area contributed by atoms with E-state index in [1.54, 1.807) is 6.07 Å². The van der Waals surface area contributed by atoms with Crippen molar-refractivity contribution in [2.45, 2.75) is 26.2 Å². The highest BCUT2D eigenvalue weighted by molar-refractivity contribution is 6.37. The molecule has 0 saturated carbocycles. The van der Waals surface area contributed by atoms with Gasteiger partial charge in [0.05, 0.1) is 16.3 Å². The highest BCUT2D eigenvalue weighted by Gasteiger charge is 2.20. The summed E-state index contributed by atoms with van der Waals surface area (Å²) in [5.41, 5.74) is 7.30. The Morgan fingerprint density at radius 1 is 1.29 bits per heavy atom. The summed E-state index contributed by atoms with van der Waals surface area (Å²) in [6.45, 7) is 2.26. The highest BCUT2D eigenvalue weighted by Crippen LogP contribution is 2.33. The van der Waals surface area contributed by atoms with Crippen molar-refractivity contribution < 1.29 is 9.90 Å². The van der Waals surface area contributed by atoms with E-state index in [2.05, 4.69) is 22.4 Å². The quantitative estimate of drug-likeness (QED) is 0.412. The summed E-state index contributed by atoms with van der Waals surface area (Å²) in [6, 6.07) is 8.67. The van der Waals surface area contributed by atoms with Crippen LogP contribution >= 0.6 is 23.2 Å². The number of benzene rings is 2. The average Bonchev–Trinajstić information content (AvgIpc) is 3.03. The molecule has 144 valence electrons. The molecular formula is C21H19Cl2N3O2. The number of halogens is 2. The maximum atomic E-state index is 12.5. The molecule has 0 saturated heterocycles. The molecule has 0 fully saturated rings. The molecular weight excluding hydrogens is 397 g/mol. The molecule has 0 aliphatic heterocycles. The number of aromatic amines is 1. The normalized spacial score (nSPS) is 16.5. The number of aryl methyl sites for hydroxylation is 1. The van der Waals surface area contributed by atoms with Gasteiger partial charge in [0.1, 0.15) is 0 Å². The zero-order chi connectivity index (χ0) is 19.8. The van der Waals surface area contributed by atoms with Gasteiger partial charge in [-0.25, -0.2) is 5.43 Å². The molecule has 1 heterocycles. The summed E-state index contributed by atoms with van der Waals surface area (Å²) < 4.78 is 0. The van der Waals surface area contributed by atoms with Gasteiger partial charge in [-0.2, -0.15) is 5.10 Å². The minimum atomic E-state index is -0.298. The summed E-state index contributed by atoms with van der Waals surface area (Å²) in [5.74, 6) is 0.174. The van der Waals surface area contributed by atoms with E-state index >= 15 is 0 Å². The van der Waals surface area contributed by atoms with Gasteiger partial charge < -0.3 is 10.1 Å². The Hall–Kier alpha value is -2.50. The van der Waals surface area contributed by atoms with Crippen LogP contribution in [0.1, 0.15) is 40.5 Å². The molecule has 1 aliphatic rings. The predicted molar refractivity (Wildman–Crippen MR) is 113 cm³/mol. The van der Waals surface area contributed by atoms with Gasteiger partial charge in [-0.05, 0) is 66.6 Å². The number of carbonyl (C=O) groups excluding carboxylic acids is 1. The molecule has 1 atom stereocenters. The number of aromatic nitrogens is 1. The zero-order valence-electron chi connectivity index (χ0n) is 15.2. The third-order valence-electron chi connectivity index (χ3n) is 5.12. The van der Waals surface area contributed by atoms with E-state index in [-0.39, 0.29) is 21.7 Å². The number of nitrogens with zero attached hydrogens (tertiary/aromatic N) is 1. The van der Waals surface area contributed by atoms with Crippen molar-refractivity contribution in [3.05, 3.63) is 62.8 Å². The second-order valence-corrected chi connectivity index (χ2v) is 8.04. The fourth-order valence-corrected chi connectivity index (χ4v) is 4.13. The number of hydrazone groups is 1. The first-order valence-electron chi connectivity index (χ1n) is 9.07. The average molecular weight is 416 g/mol. The molecule has 0 bridgehead atoms. The molecule has 2 aromatic carbocycles. The fraction of sp³-hybridized carbons (Fsp3) is 0.238. The van der Waals surface area contributed by atoms with Crippen LogP contribution in [0.4, 0.5) is 0 Å². The van der Waals surface area contributed by atoms with Crippen molar-refractivity contribution in [3.8, 4) is 5.75 Å². The van der Waals surface area contributed by atoms with E-state index in [4.69, 9.17) is 23.2 Å². The first-order chi connectivity index (χ1) is 13.4. The number of H-pyrrole nitrogens is 1. The molecule has 1 aromatic heterocycles. The van der Waals surface area contributed by atoms with Gasteiger partial charge in [-0.1, -0.05) is 30.1 Å². The van der Waals surface area contributed by atoms with Crippen molar-refractivity contribution in [1.82, 2.24) is 10.4 Å². The Labute approximate surface area is 172 Å². The monoisotopic (exact) mass is 415 g/mol. The van der Waals surface area contributed by atoms with Crippen molar-refractivity contribution in [2.24, 2.45) is 11.0 Å². The Bertz CT molecular complexity index is 1080. The SMILES string of the molecule is CC1CCc2[nH]c3ccc(C(=O)N/N=C\c4cc(Cl)c(O)c(Cl)c4)cc3c2C1. The number of nitrogens with one attached hydrogen (secondary N) is 2. The zero-order valence-corrected chi connectivity index (χ0v) is 16.7. The number of hydrogen-bond donors (Lipinski definition) is 3. The standard InChI is InChI=1S/C21H19Cl2N3O2/c1-11-2-4-18-14(6-11)15-9-13(3-5-19(15)25-18)21(28)26-24-10-12-7-16(22)20(27)17(23)8-12/h3,5,7-11,25,27H,2,4,6H2,1H3,(H,26,28)/b24-10-. The Morgan fingerprint density at radius 3 is 2.79 bits per heavy atom. The van der Waals surface area contributed by atoms with Crippen molar-refractivity contribution in [2.75, 3.05) is 0 Å². The lowest BCUT2D eigenvalue weighted by atomic mass is 9.87. The van der Waals surface area contributed by atoms with E-state index in [9.17, 15) is 9.90 Å². The van der Waals surface area contributed by atoms with Gasteiger partial charge in [0.25, 0.3) is 5.91 Å². The van der Waals surface area contributed by atoms with Crippen LogP contribution in [0.5, 0.6) is 5.75 Å². The van der Waals surface area contributed by atoms with Crippen LogP contribution in [0.15, 0.2) is 35.4 Å². The topological polar surface area (TPSA) is 77.5 Å². The summed E-state index contributed by atoms with van der Waals surface area (Å²) in [4.78, 5) is 16.0. The van der Waals surface area contributed by atoms with Gasteiger partial charge in [0.2, 0.25) is 0 Å². The lowest BCUT2D eigenvalue weighted by molar-refractivity contribution is 0.0955. The first-order valence-corrected chi connectivity index (χ1v) is 9.83. The van der Waals surface area contributed by atoms with Crippen LogP contribution in [0.2, 0.25) is 10.0 Å². The summed E-state index contributed by atoms with van der Waals surface area (Å²) in [7, 11) is 0. The molecule has 5 nitrogen and oxygen atoms in total. The molecule has 1 aliphatic carbocycles. The van der Waals surface area contributed by atoms with E-state index in [0.29, 0.717) is 17.0 Å². The third kappa shape index (κ3) is 3.60. The molecule has 1 unspecified atom stereocenters. The second-order valence-electron chi connectivity index (χ2n) is 7.22. The van der Waals surface area contributed by atoms with Crippen LogP contribution in [0, 0.1) is 5.92 Å². The molecule has 28 heavy (non-hydrogen) atoms. The molecule has 0 radical (unpaired) electrons. The van der Waals surface area contributed by atoms with Gasteiger partial charge in [0, 0.05) is 22.2 Å². The van der Waals surface area contributed by atoms with Gasteiger partial charge in [-0.15, -0.1) is 0 Å². The molecule has 3 aromatic rings. The predicted octanol–water partition coefficient (Wildman–Crippen LogP) is 5.07. The molecule has 3 N–H and O–H groups in total. The second kappa shape index (κ2) is 7.49. The number of hydrogen-bond acceptors (Lipinski definition) is 3. The number of phenols is 1. The third-order valence-corrected chi connectivity index (χ3v) is 5.69. The Morgan fingerprint density at radius 2 is 2.04 bits per heavy atom. The number of rotatable bonds is 3.